The highest BCUT2D eigenvalue weighted by molar-refractivity contribution is 7.99. The van der Waals surface area contributed by atoms with E-state index in [-0.39, 0.29) is 0 Å². The average molecular weight is 457 g/mol. The highest BCUT2D eigenvalue weighted by Crippen LogP contribution is 2.49. The minimum absolute atomic E-state index is 0.464. The van der Waals surface area contributed by atoms with E-state index in [1.807, 2.05) is 12.4 Å². The first kappa shape index (κ1) is 22.5. The fourth-order valence-corrected chi connectivity index (χ4v) is 7.00. The number of fused-ring (bicyclic) bond motifs is 2. The van der Waals surface area contributed by atoms with Gasteiger partial charge in [-0.05, 0) is 64.8 Å². The number of hydrogen-bond donors (Lipinski definition) is 0. The molecule has 6 nitrogen and oxygen atoms in total. The van der Waals surface area contributed by atoms with Gasteiger partial charge in [0.25, 0.3) is 0 Å². The second kappa shape index (κ2) is 8.80. The van der Waals surface area contributed by atoms with Crippen LogP contribution in [0.4, 0.5) is 0 Å². The highest BCUT2D eigenvalue weighted by Gasteiger charge is 2.46. The summed E-state index contributed by atoms with van der Waals surface area (Å²) in [6.07, 6.45) is 8.01. The smallest absolute Gasteiger partial charge is 0.0524 e. The summed E-state index contributed by atoms with van der Waals surface area (Å²) in [6, 6.07) is 5.61. The maximum atomic E-state index is 4.51. The van der Waals surface area contributed by atoms with Crippen molar-refractivity contribution in [3.8, 4) is 0 Å². The monoisotopic (exact) mass is 456 g/mol. The van der Waals surface area contributed by atoms with Gasteiger partial charge in [-0.1, -0.05) is 0 Å². The molecule has 5 heterocycles. The minimum Gasteiger partial charge on any atom is -0.295 e. The summed E-state index contributed by atoms with van der Waals surface area (Å²) in [5, 5.41) is 8.95. The molecule has 6 rings (SSSR count). The van der Waals surface area contributed by atoms with Gasteiger partial charge in [-0.15, -0.1) is 0 Å². The van der Waals surface area contributed by atoms with Crippen LogP contribution in [0.5, 0.6) is 0 Å². The first-order valence-electron chi connectivity index (χ1n) is 12.4. The topological polar surface area (TPSA) is 42.1 Å². The zero-order chi connectivity index (χ0) is 22.3. The van der Waals surface area contributed by atoms with Crippen molar-refractivity contribution in [3.05, 3.63) is 35.9 Å². The van der Waals surface area contributed by atoms with E-state index in [2.05, 4.69) is 81.0 Å². The molecular weight excluding hydrogens is 416 g/mol. The molecule has 0 N–H and O–H groups in total. The molecule has 3 aliphatic heterocycles. The van der Waals surface area contributed by atoms with Crippen LogP contribution in [0.2, 0.25) is 0 Å². The molecule has 2 aromatic rings. The van der Waals surface area contributed by atoms with Crippen molar-refractivity contribution in [2.75, 3.05) is 24.6 Å². The van der Waals surface area contributed by atoms with E-state index >= 15 is 0 Å². The van der Waals surface area contributed by atoms with Gasteiger partial charge in [-0.2, -0.15) is 22.0 Å². The average Bonchev–Trinajstić information content (AvgIpc) is 3.03. The van der Waals surface area contributed by atoms with Crippen molar-refractivity contribution in [2.24, 2.45) is 10.8 Å². The predicted octanol–water partition coefficient (Wildman–Crippen LogP) is 4.12. The quantitative estimate of drug-likeness (QED) is 0.680. The molecule has 4 aliphatic rings. The fraction of sp³-hybridized carbons (Fsp3) is 0.760. The molecule has 0 bridgehead atoms. The largest absolute Gasteiger partial charge is 0.295 e. The Balaban J connectivity index is 0.000000136. The molecule has 2 fully saturated rings. The Bertz CT molecular complexity index is 905. The minimum atomic E-state index is 0.464. The van der Waals surface area contributed by atoms with E-state index in [9.17, 15) is 0 Å². The molecule has 0 radical (unpaired) electrons. The molecule has 1 atom stereocenters. The summed E-state index contributed by atoms with van der Waals surface area (Å²) >= 11 is 2.11. The maximum absolute atomic E-state index is 4.51. The van der Waals surface area contributed by atoms with Gasteiger partial charge in [-0.25, -0.2) is 0 Å². The van der Waals surface area contributed by atoms with E-state index in [1.165, 1.54) is 55.2 Å². The molecule has 1 saturated heterocycles. The lowest BCUT2D eigenvalue weighted by atomic mass is 9.87. The van der Waals surface area contributed by atoms with Crippen LogP contribution in [-0.4, -0.2) is 66.0 Å². The van der Waals surface area contributed by atoms with Crippen LogP contribution in [0.3, 0.4) is 0 Å². The summed E-state index contributed by atoms with van der Waals surface area (Å²) in [7, 11) is 0. The third kappa shape index (κ3) is 4.66. The van der Waals surface area contributed by atoms with Crippen LogP contribution < -0.4 is 0 Å². The molecule has 2 spiro atoms. The van der Waals surface area contributed by atoms with Crippen LogP contribution in [-0.2, 0) is 26.2 Å². The van der Waals surface area contributed by atoms with E-state index in [0.29, 0.717) is 22.9 Å². The second-order valence-corrected chi connectivity index (χ2v) is 12.4. The van der Waals surface area contributed by atoms with E-state index < -0.39 is 0 Å². The van der Waals surface area contributed by atoms with Gasteiger partial charge in [0, 0.05) is 80.3 Å². The molecule has 1 aliphatic carbocycles. The number of nitrogens with zero attached hydrogens (tertiary/aromatic N) is 6. The van der Waals surface area contributed by atoms with Crippen molar-refractivity contribution in [3.63, 3.8) is 0 Å². The van der Waals surface area contributed by atoms with Gasteiger partial charge in [0.15, 0.2) is 0 Å². The first-order chi connectivity index (χ1) is 15.4. The molecule has 1 saturated carbocycles. The lowest BCUT2D eigenvalue weighted by molar-refractivity contribution is 0.132. The number of hydrogen-bond acceptors (Lipinski definition) is 5. The lowest BCUT2D eigenvalue weighted by Gasteiger charge is -2.33. The molecule has 7 heteroatoms. The van der Waals surface area contributed by atoms with Gasteiger partial charge < -0.3 is 0 Å². The normalized spacial score (nSPS) is 27.2. The Labute approximate surface area is 197 Å². The Morgan fingerprint density at radius 2 is 1.28 bits per heavy atom. The zero-order valence-electron chi connectivity index (χ0n) is 20.3. The second-order valence-electron chi connectivity index (χ2n) is 11.3. The van der Waals surface area contributed by atoms with Gasteiger partial charge in [0.1, 0.15) is 0 Å². The Kier molecular flexibility index (Phi) is 6.18. The van der Waals surface area contributed by atoms with Crippen LogP contribution >= 0.6 is 11.8 Å². The van der Waals surface area contributed by atoms with Crippen molar-refractivity contribution in [1.82, 2.24) is 29.4 Å². The van der Waals surface area contributed by atoms with Crippen LogP contribution in [0.15, 0.2) is 24.5 Å². The SMILES string of the molecule is CC(C)N1Cc2ccnn2CC2(CC2)C1.CC(C)N1Cc2ccnn2CC2(CCSC2)C1. The molecule has 32 heavy (non-hydrogen) atoms. The van der Waals surface area contributed by atoms with Gasteiger partial charge in [-0.3, -0.25) is 19.2 Å². The maximum Gasteiger partial charge on any atom is 0.0524 e. The predicted molar refractivity (Wildman–Crippen MR) is 132 cm³/mol. The Morgan fingerprint density at radius 3 is 1.75 bits per heavy atom. The molecule has 1 unspecified atom stereocenters. The van der Waals surface area contributed by atoms with Crippen molar-refractivity contribution in [2.45, 2.75) is 85.2 Å². The van der Waals surface area contributed by atoms with Crippen molar-refractivity contribution in [1.29, 1.82) is 0 Å². The fourth-order valence-electron chi connectivity index (χ4n) is 5.52. The Morgan fingerprint density at radius 1 is 0.750 bits per heavy atom. The standard InChI is InChI=1S/C13H21N3S.C12H19N3/c1-11(2)15-7-12-3-5-14-16(12)9-13(8-15)4-6-17-10-13;1-10(2)14-7-11-3-6-13-15(11)9-12(8-14)4-5-12/h3,5,11H,4,6-10H2,1-2H3;3,6,10H,4-5,7-9H2,1-2H3. The van der Waals surface area contributed by atoms with Gasteiger partial charge in [0.2, 0.25) is 0 Å². The van der Waals surface area contributed by atoms with Crippen LogP contribution in [0.25, 0.3) is 0 Å². The van der Waals surface area contributed by atoms with E-state index in [4.69, 9.17) is 0 Å². The summed E-state index contributed by atoms with van der Waals surface area (Å²) in [5.74, 6) is 2.62. The Hall–Kier alpha value is -1.31. The molecular formula is C25H40N6S. The van der Waals surface area contributed by atoms with Crippen LogP contribution in [0.1, 0.15) is 58.3 Å². The van der Waals surface area contributed by atoms with Gasteiger partial charge >= 0.3 is 0 Å². The number of rotatable bonds is 2. The summed E-state index contributed by atoms with van der Waals surface area (Å²) in [5.41, 5.74) is 3.79. The third-order valence-corrected chi connectivity index (χ3v) is 9.30. The molecule has 2 aromatic heterocycles. The number of thioether (sulfide) groups is 1. The number of aromatic nitrogens is 4. The van der Waals surface area contributed by atoms with Gasteiger partial charge in [0.05, 0.1) is 11.4 Å². The van der Waals surface area contributed by atoms with E-state index in [0.717, 1.165) is 26.2 Å². The highest BCUT2D eigenvalue weighted by atomic mass is 32.2. The zero-order valence-corrected chi connectivity index (χ0v) is 21.2. The van der Waals surface area contributed by atoms with Crippen molar-refractivity contribution >= 4 is 11.8 Å². The van der Waals surface area contributed by atoms with E-state index in [1.54, 1.807) is 0 Å². The first-order valence-corrected chi connectivity index (χ1v) is 13.6. The van der Waals surface area contributed by atoms with Crippen molar-refractivity contribution < 1.29 is 0 Å². The van der Waals surface area contributed by atoms with Crippen LogP contribution in [0, 0.1) is 10.8 Å². The third-order valence-electron chi connectivity index (χ3n) is 7.99. The summed E-state index contributed by atoms with van der Waals surface area (Å²) in [4.78, 5) is 5.21. The lowest BCUT2D eigenvalue weighted by Crippen LogP contribution is -2.40. The molecule has 0 amide bonds. The molecule has 176 valence electrons. The summed E-state index contributed by atoms with van der Waals surface area (Å²) in [6.45, 7) is 16.1. The summed E-state index contributed by atoms with van der Waals surface area (Å²) < 4.78 is 4.46. The molecule has 0 aromatic carbocycles.